The van der Waals surface area contributed by atoms with Gasteiger partial charge in [0.15, 0.2) is 0 Å². The van der Waals surface area contributed by atoms with Crippen molar-refractivity contribution in [3.8, 4) is 0 Å². The first-order chi connectivity index (χ1) is 6.49. The van der Waals surface area contributed by atoms with E-state index >= 15 is 0 Å². The molecule has 1 N–H and O–H groups in total. The highest BCUT2D eigenvalue weighted by molar-refractivity contribution is 5.12. The van der Waals surface area contributed by atoms with Crippen LogP contribution in [0.25, 0.3) is 0 Å². The minimum Gasteiger partial charge on any atom is -0.305 e. The molecule has 0 amide bonds. The van der Waals surface area contributed by atoms with E-state index in [1.165, 1.54) is 24.1 Å². The molecule has 0 aliphatic carbocycles. The van der Waals surface area contributed by atoms with Crippen molar-refractivity contribution in [3.05, 3.63) is 18.0 Å². The van der Waals surface area contributed by atoms with Crippen molar-refractivity contribution in [3.63, 3.8) is 0 Å². The first-order valence-electron chi connectivity index (χ1n) is 4.25. The predicted molar refractivity (Wildman–Crippen MR) is 45.8 cm³/mol. The molecule has 6 heteroatoms. The minimum atomic E-state index is -4.28. The van der Waals surface area contributed by atoms with Crippen molar-refractivity contribution >= 4 is 0 Å². The SMILES string of the molecule is CCn1cc(C(NC)C(F)(F)F)cn1. The molecular formula is C8H12F3N3. The highest BCUT2D eigenvalue weighted by Gasteiger charge is 2.40. The Morgan fingerprint density at radius 1 is 1.57 bits per heavy atom. The molecule has 1 heterocycles. The average Bonchev–Trinajstić information content (AvgIpc) is 2.51. The van der Waals surface area contributed by atoms with Gasteiger partial charge in [0.1, 0.15) is 6.04 Å². The van der Waals surface area contributed by atoms with Gasteiger partial charge in [-0.15, -0.1) is 0 Å². The third kappa shape index (κ3) is 2.25. The number of aryl methyl sites for hydroxylation is 1. The van der Waals surface area contributed by atoms with E-state index in [1.807, 2.05) is 6.92 Å². The van der Waals surface area contributed by atoms with Gasteiger partial charge in [-0.2, -0.15) is 18.3 Å². The summed E-state index contributed by atoms with van der Waals surface area (Å²) in [6.07, 6.45) is -1.65. The molecule has 1 atom stereocenters. The van der Waals surface area contributed by atoms with Crippen molar-refractivity contribution in [1.29, 1.82) is 0 Å². The van der Waals surface area contributed by atoms with E-state index in [-0.39, 0.29) is 5.56 Å². The van der Waals surface area contributed by atoms with Crippen LogP contribution in [0.5, 0.6) is 0 Å². The van der Waals surface area contributed by atoms with Crippen LogP contribution in [0.1, 0.15) is 18.5 Å². The highest BCUT2D eigenvalue weighted by atomic mass is 19.4. The zero-order valence-electron chi connectivity index (χ0n) is 7.97. The predicted octanol–water partition coefficient (Wildman–Crippen LogP) is 1.73. The third-order valence-corrected chi connectivity index (χ3v) is 1.93. The lowest BCUT2D eigenvalue weighted by Gasteiger charge is -2.17. The molecule has 0 radical (unpaired) electrons. The fraction of sp³-hybridized carbons (Fsp3) is 0.625. The van der Waals surface area contributed by atoms with Gasteiger partial charge in [0.25, 0.3) is 0 Å². The van der Waals surface area contributed by atoms with Crippen LogP contribution in [-0.4, -0.2) is 23.0 Å². The summed E-state index contributed by atoms with van der Waals surface area (Å²) in [5.41, 5.74) is 0.141. The molecule has 0 saturated carbocycles. The molecular weight excluding hydrogens is 195 g/mol. The molecule has 3 nitrogen and oxygen atoms in total. The van der Waals surface area contributed by atoms with Crippen molar-refractivity contribution in [2.45, 2.75) is 25.7 Å². The van der Waals surface area contributed by atoms with Gasteiger partial charge >= 0.3 is 6.18 Å². The number of nitrogens with zero attached hydrogens (tertiary/aromatic N) is 2. The Bertz CT molecular complexity index is 292. The smallest absolute Gasteiger partial charge is 0.305 e. The highest BCUT2D eigenvalue weighted by Crippen LogP contribution is 2.31. The monoisotopic (exact) mass is 207 g/mol. The quantitative estimate of drug-likeness (QED) is 0.817. The molecule has 0 aliphatic heterocycles. The fourth-order valence-corrected chi connectivity index (χ4v) is 1.22. The van der Waals surface area contributed by atoms with Crippen LogP contribution < -0.4 is 5.32 Å². The van der Waals surface area contributed by atoms with Crippen LogP contribution in [0.15, 0.2) is 12.4 Å². The second kappa shape index (κ2) is 4.00. The number of rotatable bonds is 3. The van der Waals surface area contributed by atoms with E-state index in [0.29, 0.717) is 6.54 Å². The van der Waals surface area contributed by atoms with E-state index in [1.54, 1.807) is 0 Å². The average molecular weight is 207 g/mol. The minimum absolute atomic E-state index is 0.141. The number of halogens is 3. The molecule has 1 unspecified atom stereocenters. The lowest BCUT2D eigenvalue weighted by molar-refractivity contribution is -0.156. The fourth-order valence-electron chi connectivity index (χ4n) is 1.22. The van der Waals surface area contributed by atoms with Gasteiger partial charge in [-0.25, -0.2) is 0 Å². The van der Waals surface area contributed by atoms with Gasteiger partial charge in [-0.05, 0) is 14.0 Å². The van der Waals surface area contributed by atoms with Crippen LogP contribution in [0.3, 0.4) is 0 Å². The Hall–Kier alpha value is -1.04. The Kier molecular flexibility index (Phi) is 3.15. The van der Waals surface area contributed by atoms with Crippen LogP contribution in [0.4, 0.5) is 13.2 Å². The Balaban J connectivity index is 2.90. The number of hydrogen-bond acceptors (Lipinski definition) is 2. The van der Waals surface area contributed by atoms with E-state index in [0.717, 1.165) is 0 Å². The van der Waals surface area contributed by atoms with Crippen molar-refractivity contribution < 1.29 is 13.2 Å². The molecule has 0 aliphatic rings. The van der Waals surface area contributed by atoms with E-state index in [4.69, 9.17) is 0 Å². The Morgan fingerprint density at radius 2 is 2.21 bits per heavy atom. The summed E-state index contributed by atoms with van der Waals surface area (Å²) >= 11 is 0. The summed E-state index contributed by atoms with van der Waals surface area (Å²) in [6, 6.07) is -1.64. The molecule has 1 aromatic heterocycles. The number of alkyl halides is 3. The molecule has 0 aromatic carbocycles. The third-order valence-electron chi connectivity index (χ3n) is 1.93. The van der Waals surface area contributed by atoms with Crippen LogP contribution in [0, 0.1) is 0 Å². The topological polar surface area (TPSA) is 29.9 Å². The normalized spacial score (nSPS) is 14.4. The van der Waals surface area contributed by atoms with Gasteiger partial charge < -0.3 is 5.32 Å². The van der Waals surface area contributed by atoms with Crippen molar-refractivity contribution in [1.82, 2.24) is 15.1 Å². The first kappa shape index (κ1) is 11.0. The summed E-state index contributed by atoms with van der Waals surface area (Å²) in [4.78, 5) is 0. The zero-order valence-corrected chi connectivity index (χ0v) is 7.97. The Morgan fingerprint density at radius 3 is 2.57 bits per heavy atom. The standard InChI is InChI=1S/C8H12F3N3/c1-3-14-5-6(4-13-14)7(12-2)8(9,10)11/h4-5,7,12H,3H2,1-2H3. The van der Waals surface area contributed by atoms with Gasteiger partial charge in [0.2, 0.25) is 0 Å². The summed E-state index contributed by atoms with van der Waals surface area (Å²) in [5, 5.41) is 6.01. The van der Waals surface area contributed by atoms with Gasteiger partial charge in [0, 0.05) is 18.3 Å². The van der Waals surface area contributed by atoms with E-state index in [9.17, 15) is 13.2 Å². The largest absolute Gasteiger partial charge is 0.408 e. The van der Waals surface area contributed by atoms with Crippen LogP contribution in [-0.2, 0) is 6.54 Å². The molecule has 1 rings (SSSR count). The van der Waals surface area contributed by atoms with Crippen molar-refractivity contribution in [2.75, 3.05) is 7.05 Å². The van der Waals surface area contributed by atoms with Crippen LogP contribution >= 0.6 is 0 Å². The molecule has 0 fully saturated rings. The second-order valence-electron chi connectivity index (χ2n) is 2.89. The molecule has 0 saturated heterocycles. The molecule has 80 valence electrons. The first-order valence-corrected chi connectivity index (χ1v) is 4.25. The second-order valence-corrected chi connectivity index (χ2v) is 2.89. The maximum atomic E-state index is 12.4. The van der Waals surface area contributed by atoms with E-state index < -0.39 is 12.2 Å². The van der Waals surface area contributed by atoms with Gasteiger partial charge in [-0.3, -0.25) is 4.68 Å². The maximum absolute atomic E-state index is 12.4. The molecule has 0 bridgehead atoms. The molecule has 14 heavy (non-hydrogen) atoms. The summed E-state index contributed by atoms with van der Waals surface area (Å²) in [5.74, 6) is 0. The summed E-state index contributed by atoms with van der Waals surface area (Å²) < 4.78 is 38.7. The van der Waals surface area contributed by atoms with Gasteiger partial charge in [0.05, 0.1) is 6.20 Å². The summed E-state index contributed by atoms with van der Waals surface area (Å²) in [7, 11) is 1.28. The van der Waals surface area contributed by atoms with Crippen LogP contribution in [0.2, 0.25) is 0 Å². The molecule has 1 aromatic rings. The van der Waals surface area contributed by atoms with E-state index in [2.05, 4.69) is 10.4 Å². The molecule has 0 spiro atoms. The number of aromatic nitrogens is 2. The summed E-state index contributed by atoms with van der Waals surface area (Å²) in [6.45, 7) is 2.38. The Labute approximate surface area is 79.9 Å². The lowest BCUT2D eigenvalue weighted by Crippen LogP contribution is -2.31. The van der Waals surface area contributed by atoms with Gasteiger partial charge in [-0.1, -0.05) is 0 Å². The number of hydrogen-bond donors (Lipinski definition) is 1. The maximum Gasteiger partial charge on any atom is 0.408 e. The number of nitrogens with one attached hydrogen (secondary N) is 1. The lowest BCUT2D eigenvalue weighted by atomic mass is 10.1. The zero-order chi connectivity index (χ0) is 10.8. The van der Waals surface area contributed by atoms with Crippen molar-refractivity contribution in [2.24, 2.45) is 0 Å².